The zero-order chi connectivity index (χ0) is 13.0. The minimum Gasteiger partial charge on any atom is -0.371 e. The van der Waals surface area contributed by atoms with Gasteiger partial charge in [-0.2, -0.15) is 0 Å². The van der Waals surface area contributed by atoms with Crippen LogP contribution >= 0.6 is 11.6 Å². The lowest BCUT2D eigenvalue weighted by Crippen LogP contribution is -2.28. The van der Waals surface area contributed by atoms with E-state index < -0.39 is 0 Å². The molecule has 94 valence electrons. The quantitative estimate of drug-likeness (QED) is 0.734. The molecule has 3 heteroatoms. The van der Waals surface area contributed by atoms with E-state index in [2.05, 4.69) is 18.7 Å². The first-order chi connectivity index (χ1) is 7.97. The molecule has 0 spiro atoms. The van der Waals surface area contributed by atoms with Gasteiger partial charge in [-0.3, -0.25) is 4.79 Å². The van der Waals surface area contributed by atoms with Crippen LogP contribution < -0.4 is 4.90 Å². The summed E-state index contributed by atoms with van der Waals surface area (Å²) in [6, 6.07) is 5.94. The van der Waals surface area contributed by atoms with Gasteiger partial charge in [-0.1, -0.05) is 24.9 Å². The molecule has 0 saturated heterocycles. The first kappa shape index (κ1) is 14.0. The normalized spacial score (nSPS) is 12.3. The fourth-order valence-corrected chi connectivity index (χ4v) is 2.17. The van der Waals surface area contributed by atoms with Gasteiger partial charge in [-0.15, -0.1) is 0 Å². The fourth-order valence-electron chi connectivity index (χ4n) is 1.86. The fraction of sp³-hybridized carbons (Fsp3) is 0.500. The highest BCUT2D eigenvalue weighted by molar-refractivity contribution is 6.33. The van der Waals surface area contributed by atoms with E-state index in [0.29, 0.717) is 16.6 Å². The SMILES string of the molecule is CCCC(C)N(C)c1ccc(C(C)=O)cc1Cl. The molecule has 0 bridgehead atoms. The molecule has 17 heavy (non-hydrogen) atoms. The number of nitrogens with zero attached hydrogens (tertiary/aromatic N) is 1. The zero-order valence-electron chi connectivity index (χ0n) is 11.0. The molecule has 0 N–H and O–H groups in total. The van der Waals surface area contributed by atoms with Gasteiger partial charge in [-0.25, -0.2) is 0 Å². The second-order valence-electron chi connectivity index (χ2n) is 4.47. The number of Topliss-reactive ketones (excluding diaryl/α,β-unsaturated/α-hetero) is 1. The Balaban J connectivity index is 2.95. The van der Waals surface area contributed by atoms with E-state index in [4.69, 9.17) is 11.6 Å². The van der Waals surface area contributed by atoms with Crippen LogP contribution in [-0.4, -0.2) is 18.9 Å². The van der Waals surface area contributed by atoms with Crippen LogP contribution in [0, 0.1) is 0 Å². The van der Waals surface area contributed by atoms with Crippen LogP contribution in [0.5, 0.6) is 0 Å². The van der Waals surface area contributed by atoms with Gasteiger partial charge in [0.2, 0.25) is 0 Å². The number of carbonyl (C=O) groups is 1. The molecule has 0 heterocycles. The molecule has 0 fully saturated rings. The molecule has 0 radical (unpaired) electrons. The Kier molecular flexibility index (Phi) is 5.01. The molecule has 1 aromatic rings. The number of carbonyl (C=O) groups excluding carboxylic acids is 1. The highest BCUT2D eigenvalue weighted by Gasteiger charge is 2.13. The van der Waals surface area contributed by atoms with Crippen molar-refractivity contribution >= 4 is 23.1 Å². The van der Waals surface area contributed by atoms with Crippen molar-refractivity contribution in [3.63, 3.8) is 0 Å². The molecule has 0 aliphatic heterocycles. The number of hydrogen-bond acceptors (Lipinski definition) is 2. The molecule has 0 aliphatic rings. The largest absolute Gasteiger partial charge is 0.371 e. The first-order valence-electron chi connectivity index (χ1n) is 6.00. The maximum Gasteiger partial charge on any atom is 0.159 e. The van der Waals surface area contributed by atoms with Crippen molar-refractivity contribution in [1.82, 2.24) is 0 Å². The summed E-state index contributed by atoms with van der Waals surface area (Å²) < 4.78 is 0. The smallest absolute Gasteiger partial charge is 0.159 e. The standard InChI is InChI=1S/C14H20ClNO/c1-5-6-10(2)16(4)14-8-7-12(11(3)17)9-13(14)15/h7-10H,5-6H2,1-4H3. The predicted molar refractivity (Wildman–Crippen MR) is 74.2 cm³/mol. The van der Waals surface area contributed by atoms with Crippen molar-refractivity contribution in [3.8, 4) is 0 Å². The van der Waals surface area contributed by atoms with Gasteiger partial charge < -0.3 is 4.90 Å². The zero-order valence-corrected chi connectivity index (χ0v) is 11.7. The van der Waals surface area contributed by atoms with Gasteiger partial charge in [0.15, 0.2) is 5.78 Å². The molecule has 1 rings (SSSR count). The maximum absolute atomic E-state index is 11.2. The van der Waals surface area contributed by atoms with E-state index in [0.717, 1.165) is 18.5 Å². The molecule has 0 saturated carbocycles. The van der Waals surface area contributed by atoms with Crippen molar-refractivity contribution in [3.05, 3.63) is 28.8 Å². The topological polar surface area (TPSA) is 20.3 Å². The Morgan fingerprint density at radius 3 is 2.59 bits per heavy atom. The van der Waals surface area contributed by atoms with Gasteiger partial charge >= 0.3 is 0 Å². The first-order valence-corrected chi connectivity index (χ1v) is 6.38. The van der Waals surface area contributed by atoms with E-state index in [-0.39, 0.29) is 5.78 Å². The van der Waals surface area contributed by atoms with E-state index in [1.54, 1.807) is 13.0 Å². The summed E-state index contributed by atoms with van der Waals surface area (Å²) in [7, 11) is 2.04. The van der Waals surface area contributed by atoms with Gasteiger partial charge in [0.05, 0.1) is 10.7 Å². The Morgan fingerprint density at radius 2 is 2.12 bits per heavy atom. The third-order valence-corrected chi connectivity index (χ3v) is 3.40. The number of hydrogen-bond donors (Lipinski definition) is 0. The Hall–Kier alpha value is -1.02. The van der Waals surface area contributed by atoms with Gasteiger partial charge in [0, 0.05) is 18.7 Å². The van der Waals surface area contributed by atoms with E-state index in [9.17, 15) is 4.79 Å². The molecule has 0 aromatic heterocycles. The number of anilines is 1. The third kappa shape index (κ3) is 3.47. The Labute approximate surface area is 109 Å². The molecule has 0 aliphatic carbocycles. The van der Waals surface area contributed by atoms with Crippen molar-refractivity contribution < 1.29 is 4.79 Å². The summed E-state index contributed by atoms with van der Waals surface area (Å²) in [6.45, 7) is 5.90. The van der Waals surface area contributed by atoms with Crippen molar-refractivity contribution in [2.45, 2.75) is 39.7 Å². The number of ketones is 1. The molecule has 1 aromatic carbocycles. The van der Waals surface area contributed by atoms with E-state index in [1.807, 2.05) is 19.2 Å². The summed E-state index contributed by atoms with van der Waals surface area (Å²) in [5.74, 6) is 0.0442. The summed E-state index contributed by atoms with van der Waals surface area (Å²) >= 11 is 6.22. The Morgan fingerprint density at radius 1 is 1.47 bits per heavy atom. The van der Waals surface area contributed by atoms with Crippen LogP contribution in [0.15, 0.2) is 18.2 Å². The molecule has 0 amide bonds. The second-order valence-corrected chi connectivity index (χ2v) is 4.88. The summed E-state index contributed by atoms with van der Waals surface area (Å²) in [5, 5.41) is 0.642. The average Bonchev–Trinajstić information content (AvgIpc) is 2.28. The molecular weight excluding hydrogens is 234 g/mol. The summed E-state index contributed by atoms with van der Waals surface area (Å²) in [6.07, 6.45) is 2.27. The van der Waals surface area contributed by atoms with Gasteiger partial charge in [0.25, 0.3) is 0 Å². The third-order valence-electron chi connectivity index (χ3n) is 3.10. The molecule has 2 nitrogen and oxygen atoms in total. The van der Waals surface area contributed by atoms with Crippen molar-refractivity contribution in [1.29, 1.82) is 0 Å². The van der Waals surface area contributed by atoms with E-state index >= 15 is 0 Å². The predicted octanol–water partition coefficient (Wildman–Crippen LogP) is 4.17. The van der Waals surface area contributed by atoms with Crippen LogP contribution in [0.2, 0.25) is 5.02 Å². The number of rotatable bonds is 5. The van der Waals surface area contributed by atoms with Crippen LogP contribution in [-0.2, 0) is 0 Å². The lowest BCUT2D eigenvalue weighted by Gasteiger charge is -2.27. The highest BCUT2D eigenvalue weighted by atomic mass is 35.5. The summed E-state index contributed by atoms with van der Waals surface area (Å²) in [5.41, 5.74) is 1.65. The summed E-state index contributed by atoms with van der Waals surface area (Å²) in [4.78, 5) is 13.4. The van der Waals surface area contributed by atoms with Crippen LogP contribution in [0.3, 0.4) is 0 Å². The van der Waals surface area contributed by atoms with E-state index in [1.165, 1.54) is 0 Å². The average molecular weight is 254 g/mol. The Bertz CT molecular complexity index is 403. The number of halogens is 1. The minimum atomic E-state index is 0.0442. The molecule has 1 atom stereocenters. The van der Waals surface area contributed by atoms with Crippen LogP contribution in [0.1, 0.15) is 44.0 Å². The van der Waals surface area contributed by atoms with Crippen LogP contribution in [0.4, 0.5) is 5.69 Å². The van der Waals surface area contributed by atoms with Gasteiger partial charge in [-0.05, 0) is 38.5 Å². The monoisotopic (exact) mass is 253 g/mol. The van der Waals surface area contributed by atoms with Crippen molar-refractivity contribution in [2.75, 3.05) is 11.9 Å². The molecule has 1 unspecified atom stereocenters. The maximum atomic E-state index is 11.2. The van der Waals surface area contributed by atoms with Crippen LogP contribution in [0.25, 0.3) is 0 Å². The molecular formula is C14H20ClNO. The highest BCUT2D eigenvalue weighted by Crippen LogP contribution is 2.28. The van der Waals surface area contributed by atoms with Crippen molar-refractivity contribution in [2.24, 2.45) is 0 Å². The van der Waals surface area contributed by atoms with Gasteiger partial charge in [0.1, 0.15) is 0 Å². The second kappa shape index (κ2) is 6.06. The lowest BCUT2D eigenvalue weighted by molar-refractivity contribution is 0.101. The minimum absolute atomic E-state index is 0.0442. The number of benzene rings is 1. The lowest BCUT2D eigenvalue weighted by atomic mass is 10.1.